The number of benzene rings is 1. The maximum absolute atomic E-state index is 11.0. The highest BCUT2D eigenvalue weighted by Gasteiger charge is 2.37. The zero-order valence-corrected chi connectivity index (χ0v) is 16.4. The highest BCUT2D eigenvalue weighted by Crippen LogP contribution is 2.36. The molecule has 1 aromatic heterocycles. The molecule has 0 saturated heterocycles. The summed E-state index contributed by atoms with van der Waals surface area (Å²) in [5.41, 5.74) is 1.12. The van der Waals surface area contributed by atoms with E-state index < -0.39 is 8.32 Å². The summed E-state index contributed by atoms with van der Waals surface area (Å²) < 4.78 is 12.3. The topological polar surface area (TPSA) is 48.4 Å². The molecule has 1 unspecified atom stereocenters. The molecule has 0 aliphatic carbocycles. The molecular weight excluding hydrogens is 318 g/mol. The Hall–Kier alpha value is -1.72. The fraction of sp³-hybridized carbons (Fsp3) is 0.474. The molecule has 0 bridgehead atoms. The predicted molar refractivity (Wildman–Crippen MR) is 100 cm³/mol. The minimum absolute atomic E-state index is 0.0913. The second-order valence-electron chi connectivity index (χ2n) is 7.68. The molecule has 2 rings (SSSR count). The van der Waals surface area contributed by atoms with Crippen molar-refractivity contribution in [2.24, 2.45) is 0 Å². The van der Waals surface area contributed by atoms with Crippen LogP contribution in [0.3, 0.4) is 0 Å². The summed E-state index contributed by atoms with van der Waals surface area (Å²) >= 11 is 0. The van der Waals surface area contributed by atoms with Crippen LogP contribution in [-0.4, -0.2) is 32.3 Å². The van der Waals surface area contributed by atoms with Crippen LogP contribution in [0.25, 0.3) is 10.9 Å². The van der Waals surface area contributed by atoms with Crippen molar-refractivity contribution < 1.29 is 14.0 Å². The third-order valence-electron chi connectivity index (χ3n) is 4.64. The SMILES string of the molecule is CC(CO[Si](C)(C)C(C)(C)C)Oc1cccc2ccc(C=O)nc12. The normalized spacial score (nSPS) is 13.8. The van der Waals surface area contributed by atoms with Crippen molar-refractivity contribution in [1.29, 1.82) is 0 Å². The highest BCUT2D eigenvalue weighted by atomic mass is 28.4. The van der Waals surface area contributed by atoms with Gasteiger partial charge in [0.15, 0.2) is 14.6 Å². The molecule has 4 nitrogen and oxygen atoms in total. The van der Waals surface area contributed by atoms with E-state index in [9.17, 15) is 4.79 Å². The minimum atomic E-state index is -1.80. The highest BCUT2D eigenvalue weighted by molar-refractivity contribution is 6.74. The van der Waals surface area contributed by atoms with Gasteiger partial charge in [0.2, 0.25) is 0 Å². The number of para-hydroxylation sites is 1. The molecule has 0 aliphatic rings. The van der Waals surface area contributed by atoms with E-state index in [4.69, 9.17) is 9.16 Å². The number of nitrogens with zero attached hydrogens (tertiary/aromatic N) is 1. The van der Waals surface area contributed by atoms with Gasteiger partial charge in [-0.25, -0.2) is 4.98 Å². The standard InChI is InChI=1S/C19H27NO3Si/c1-14(13-22-24(5,6)19(2,3)4)23-17-9-7-8-15-10-11-16(12-21)20-18(15)17/h7-12,14H,13H2,1-6H3. The quantitative estimate of drug-likeness (QED) is 0.555. The first kappa shape index (κ1) is 18.6. The Morgan fingerprint density at radius 3 is 2.54 bits per heavy atom. The number of carbonyl (C=O) groups is 1. The van der Waals surface area contributed by atoms with Crippen LogP contribution in [0.2, 0.25) is 18.1 Å². The lowest BCUT2D eigenvalue weighted by atomic mass is 10.2. The first-order valence-electron chi connectivity index (χ1n) is 8.29. The summed E-state index contributed by atoms with van der Waals surface area (Å²) in [6, 6.07) is 9.37. The Labute approximate surface area is 145 Å². The van der Waals surface area contributed by atoms with Gasteiger partial charge in [0.05, 0.1) is 6.61 Å². The van der Waals surface area contributed by atoms with Crippen molar-refractivity contribution in [2.75, 3.05) is 6.61 Å². The zero-order valence-electron chi connectivity index (χ0n) is 15.4. The van der Waals surface area contributed by atoms with Crippen molar-refractivity contribution in [2.45, 2.75) is 51.9 Å². The molecule has 0 saturated carbocycles. The predicted octanol–water partition coefficient (Wildman–Crippen LogP) is 4.84. The molecule has 2 aromatic rings. The molecule has 1 atom stereocenters. The fourth-order valence-electron chi connectivity index (χ4n) is 2.09. The summed E-state index contributed by atoms with van der Waals surface area (Å²) in [4.78, 5) is 15.3. The number of hydrogen-bond acceptors (Lipinski definition) is 4. The number of pyridine rings is 1. The average molecular weight is 346 g/mol. The largest absolute Gasteiger partial charge is 0.486 e. The van der Waals surface area contributed by atoms with Crippen LogP contribution in [-0.2, 0) is 4.43 Å². The van der Waals surface area contributed by atoms with Crippen LogP contribution >= 0.6 is 0 Å². The molecule has 0 fully saturated rings. The van der Waals surface area contributed by atoms with Gasteiger partial charge in [-0.05, 0) is 37.2 Å². The van der Waals surface area contributed by atoms with Gasteiger partial charge >= 0.3 is 0 Å². The van der Waals surface area contributed by atoms with Crippen LogP contribution < -0.4 is 4.74 Å². The lowest BCUT2D eigenvalue weighted by Gasteiger charge is -2.36. The van der Waals surface area contributed by atoms with E-state index in [1.54, 1.807) is 6.07 Å². The van der Waals surface area contributed by atoms with Crippen LogP contribution in [0.5, 0.6) is 5.75 Å². The van der Waals surface area contributed by atoms with Gasteiger partial charge in [-0.3, -0.25) is 4.79 Å². The minimum Gasteiger partial charge on any atom is -0.486 e. The maximum atomic E-state index is 11.0. The molecule has 0 aliphatic heterocycles. The second-order valence-corrected chi connectivity index (χ2v) is 12.5. The second kappa shape index (κ2) is 7.03. The third-order valence-corrected chi connectivity index (χ3v) is 9.14. The van der Waals surface area contributed by atoms with Crippen LogP contribution in [0.4, 0.5) is 0 Å². The summed E-state index contributed by atoms with van der Waals surface area (Å²) in [7, 11) is -1.80. The summed E-state index contributed by atoms with van der Waals surface area (Å²) in [6.45, 7) is 13.7. The van der Waals surface area contributed by atoms with Gasteiger partial charge in [0.1, 0.15) is 23.1 Å². The van der Waals surface area contributed by atoms with E-state index >= 15 is 0 Å². The van der Waals surface area contributed by atoms with Crippen LogP contribution in [0.15, 0.2) is 30.3 Å². The first-order chi connectivity index (χ1) is 11.1. The molecule has 5 heteroatoms. The van der Waals surface area contributed by atoms with E-state index in [2.05, 4.69) is 38.8 Å². The van der Waals surface area contributed by atoms with Crippen LogP contribution in [0.1, 0.15) is 38.2 Å². The Balaban J connectivity index is 2.13. The lowest BCUT2D eigenvalue weighted by molar-refractivity contribution is 0.111. The summed E-state index contributed by atoms with van der Waals surface area (Å²) in [5, 5.41) is 1.13. The zero-order chi connectivity index (χ0) is 18.0. The molecule has 1 aromatic carbocycles. The van der Waals surface area contributed by atoms with Gasteiger partial charge in [0, 0.05) is 5.39 Å². The van der Waals surface area contributed by atoms with Gasteiger partial charge < -0.3 is 9.16 Å². The smallest absolute Gasteiger partial charge is 0.192 e. The van der Waals surface area contributed by atoms with E-state index in [0.29, 0.717) is 23.6 Å². The van der Waals surface area contributed by atoms with Crippen molar-refractivity contribution in [3.63, 3.8) is 0 Å². The molecule has 0 spiro atoms. The Bertz CT molecular complexity index is 722. The lowest BCUT2D eigenvalue weighted by Crippen LogP contribution is -2.43. The Morgan fingerprint density at radius 1 is 1.21 bits per heavy atom. The fourth-order valence-corrected chi connectivity index (χ4v) is 3.17. The van der Waals surface area contributed by atoms with E-state index in [1.165, 1.54) is 0 Å². The number of hydrogen-bond donors (Lipinski definition) is 0. The van der Waals surface area contributed by atoms with E-state index in [1.807, 2.05) is 31.2 Å². The number of aldehydes is 1. The van der Waals surface area contributed by atoms with Gasteiger partial charge in [-0.1, -0.05) is 39.0 Å². The maximum Gasteiger partial charge on any atom is 0.192 e. The van der Waals surface area contributed by atoms with Crippen molar-refractivity contribution in [3.8, 4) is 5.75 Å². The Kier molecular flexibility index (Phi) is 5.45. The van der Waals surface area contributed by atoms with Gasteiger partial charge in [-0.15, -0.1) is 0 Å². The molecule has 24 heavy (non-hydrogen) atoms. The van der Waals surface area contributed by atoms with Crippen molar-refractivity contribution >= 4 is 25.5 Å². The molecule has 0 radical (unpaired) electrons. The molecule has 0 N–H and O–H groups in total. The molecule has 0 amide bonds. The third kappa shape index (κ3) is 4.22. The van der Waals surface area contributed by atoms with E-state index in [0.717, 1.165) is 11.7 Å². The molecular formula is C19H27NO3Si. The van der Waals surface area contributed by atoms with Gasteiger partial charge in [0.25, 0.3) is 0 Å². The number of fused-ring (bicyclic) bond motifs is 1. The Morgan fingerprint density at radius 2 is 1.92 bits per heavy atom. The van der Waals surface area contributed by atoms with Gasteiger partial charge in [-0.2, -0.15) is 0 Å². The summed E-state index contributed by atoms with van der Waals surface area (Å²) in [5.74, 6) is 0.683. The number of rotatable bonds is 6. The monoisotopic (exact) mass is 345 g/mol. The molecule has 1 heterocycles. The number of aromatic nitrogens is 1. The molecule has 130 valence electrons. The summed E-state index contributed by atoms with van der Waals surface area (Å²) in [6.07, 6.45) is 0.659. The van der Waals surface area contributed by atoms with E-state index in [-0.39, 0.29) is 11.1 Å². The van der Waals surface area contributed by atoms with Crippen molar-refractivity contribution in [1.82, 2.24) is 4.98 Å². The first-order valence-corrected chi connectivity index (χ1v) is 11.2. The average Bonchev–Trinajstić information content (AvgIpc) is 2.52. The van der Waals surface area contributed by atoms with Crippen LogP contribution in [0, 0.1) is 0 Å². The van der Waals surface area contributed by atoms with Crippen molar-refractivity contribution in [3.05, 3.63) is 36.0 Å². The number of ether oxygens (including phenoxy) is 1. The number of carbonyl (C=O) groups excluding carboxylic acids is 1.